The molecule has 1 aliphatic heterocycles. The van der Waals surface area contributed by atoms with Crippen LogP contribution in [0.1, 0.15) is 49.5 Å². The summed E-state index contributed by atoms with van der Waals surface area (Å²) < 4.78 is 0. The number of hydrogen-bond acceptors (Lipinski definition) is 2. The Morgan fingerprint density at radius 3 is 2.38 bits per heavy atom. The molecule has 1 saturated heterocycles. The van der Waals surface area contributed by atoms with Crippen molar-refractivity contribution < 1.29 is 14.7 Å². The van der Waals surface area contributed by atoms with Gasteiger partial charge in [-0.2, -0.15) is 0 Å². The molecule has 4 nitrogen and oxygen atoms in total. The second-order valence-electron chi connectivity index (χ2n) is 6.79. The molecule has 2 rings (SSSR count). The number of carbonyl (C=O) groups is 2. The van der Waals surface area contributed by atoms with Crippen LogP contribution in [0, 0.1) is 5.41 Å². The predicted octanol–water partition coefficient (Wildman–Crippen LogP) is 2.96. The van der Waals surface area contributed by atoms with Crippen LogP contribution >= 0.6 is 0 Å². The fourth-order valence-electron chi connectivity index (χ4n) is 3.01. The van der Waals surface area contributed by atoms with Crippen molar-refractivity contribution in [3.8, 4) is 0 Å². The molecule has 0 bridgehead atoms. The van der Waals surface area contributed by atoms with E-state index in [1.807, 2.05) is 4.90 Å². The maximum absolute atomic E-state index is 12.5. The van der Waals surface area contributed by atoms with Crippen molar-refractivity contribution in [3.63, 3.8) is 0 Å². The molecule has 0 spiro atoms. The van der Waals surface area contributed by atoms with Crippen molar-refractivity contribution in [3.05, 3.63) is 35.4 Å². The molecule has 21 heavy (non-hydrogen) atoms. The molecule has 114 valence electrons. The van der Waals surface area contributed by atoms with Gasteiger partial charge in [0.1, 0.15) is 0 Å². The molecular weight excluding hydrogens is 266 g/mol. The molecule has 1 aromatic rings. The Morgan fingerprint density at radius 2 is 1.86 bits per heavy atom. The number of carboxylic acids is 1. The number of nitrogens with zero attached hydrogens (tertiary/aromatic N) is 1. The van der Waals surface area contributed by atoms with E-state index in [9.17, 15) is 9.59 Å². The molecule has 1 unspecified atom stereocenters. The summed E-state index contributed by atoms with van der Waals surface area (Å²) in [7, 11) is 0. The molecule has 1 fully saturated rings. The highest BCUT2D eigenvalue weighted by Crippen LogP contribution is 2.33. The molecule has 4 heteroatoms. The lowest BCUT2D eigenvalue weighted by molar-refractivity contribution is -0.133. The van der Waals surface area contributed by atoms with E-state index in [1.165, 1.54) is 0 Å². The average molecular weight is 289 g/mol. The second kappa shape index (κ2) is 5.88. The van der Waals surface area contributed by atoms with E-state index in [4.69, 9.17) is 5.11 Å². The Hall–Kier alpha value is -1.84. The van der Waals surface area contributed by atoms with Crippen molar-refractivity contribution in [1.29, 1.82) is 0 Å². The highest BCUT2D eigenvalue weighted by molar-refractivity contribution is 5.87. The topological polar surface area (TPSA) is 57.6 Å². The van der Waals surface area contributed by atoms with Crippen LogP contribution in [0.4, 0.5) is 0 Å². The summed E-state index contributed by atoms with van der Waals surface area (Å²) >= 11 is 0. The lowest BCUT2D eigenvalue weighted by atomic mass is 9.85. The summed E-state index contributed by atoms with van der Waals surface area (Å²) in [5.41, 5.74) is 1.21. The largest absolute Gasteiger partial charge is 0.478 e. The third kappa shape index (κ3) is 3.63. The van der Waals surface area contributed by atoms with Crippen molar-refractivity contribution in [2.45, 2.75) is 46.1 Å². The smallest absolute Gasteiger partial charge is 0.335 e. The minimum absolute atomic E-state index is 0.0966. The molecule has 1 aliphatic rings. The molecular formula is C17H23NO3. The van der Waals surface area contributed by atoms with Crippen molar-refractivity contribution in [2.24, 2.45) is 5.41 Å². The van der Waals surface area contributed by atoms with Gasteiger partial charge in [-0.05, 0) is 36.0 Å². The maximum Gasteiger partial charge on any atom is 0.335 e. The Morgan fingerprint density at radius 1 is 1.24 bits per heavy atom. The quantitative estimate of drug-likeness (QED) is 0.930. The van der Waals surface area contributed by atoms with Crippen LogP contribution in [0.25, 0.3) is 0 Å². The molecule has 1 amide bonds. The molecule has 1 aromatic carbocycles. The number of aromatic carboxylic acids is 1. The lowest BCUT2D eigenvalue weighted by Crippen LogP contribution is -2.43. The number of carboxylic acid groups (broad SMARTS) is 1. The second-order valence-corrected chi connectivity index (χ2v) is 6.79. The summed E-state index contributed by atoms with van der Waals surface area (Å²) in [6.45, 7) is 7.34. The first-order valence-electron chi connectivity index (χ1n) is 7.41. The van der Waals surface area contributed by atoms with E-state index in [0.717, 1.165) is 24.9 Å². The van der Waals surface area contributed by atoms with Gasteiger partial charge < -0.3 is 10.0 Å². The number of likely N-dealkylation sites (tertiary alicyclic amines) is 1. The standard InChI is InChI=1S/C17H23NO3/c1-17(2,3)14-5-4-10-18(14)15(19)11-12-6-8-13(9-7-12)16(20)21/h6-9,14H,4-5,10-11H2,1-3H3,(H,20,21). The Balaban J connectivity index is 2.05. The van der Waals surface area contributed by atoms with Gasteiger partial charge in [0, 0.05) is 12.6 Å². The number of rotatable bonds is 3. The highest BCUT2D eigenvalue weighted by atomic mass is 16.4. The Bertz CT molecular complexity index is 528. The van der Waals surface area contributed by atoms with Crippen molar-refractivity contribution in [2.75, 3.05) is 6.54 Å². The first-order valence-corrected chi connectivity index (χ1v) is 7.41. The van der Waals surface area contributed by atoms with Gasteiger partial charge in [-0.25, -0.2) is 4.79 Å². The van der Waals surface area contributed by atoms with E-state index in [2.05, 4.69) is 20.8 Å². The number of benzene rings is 1. The Kier molecular flexibility index (Phi) is 4.35. The molecule has 0 aromatic heterocycles. The summed E-state index contributed by atoms with van der Waals surface area (Å²) in [6.07, 6.45) is 2.46. The lowest BCUT2D eigenvalue weighted by Gasteiger charge is -2.35. The first kappa shape index (κ1) is 15.5. The summed E-state index contributed by atoms with van der Waals surface area (Å²) in [4.78, 5) is 25.3. The Labute approximate surface area is 125 Å². The van der Waals surface area contributed by atoms with Gasteiger partial charge in [-0.3, -0.25) is 4.79 Å². The SMILES string of the molecule is CC(C)(C)C1CCCN1C(=O)Cc1ccc(C(=O)O)cc1. The van der Waals surface area contributed by atoms with E-state index < -0.39 is 5.97 Å². The van der Waals surface area contributed by atoms with Crippen LogP contribution in [0.15, 0.2) is 24.3 Å². The van der Waals surface area contributed by atoms with Crippen LogP contribution in [0.2, 0.25) is 0 Å². The van der Waals surface area contributed by atoms with Gasteiger partial charge in [0.25, 0.3) is 0 Å². The number of carbonyl (C=O) groups excluding carboxylic acids is 1. The van der Waals surface area contributed by atoms with E-state index in [-0.39, 0.29) is 16.9 Å². The summed E-state index contributed by atoms with van der Waals surface area (Å²) in [5.74, 6) is -0.810. The molecule has 1 heterocycles. The zero-order valence-electron chi connectivity index (χ0n) is 12.9. The molecule has 1 atom stereocenters. The van der Waals surface area contributed by atoms with E-state index in [0.29, 0.717) is 12.5 Å². The van der Waals surface area contributed by atoms with E-state index in [1.54, 1.807) is 24.3 Å². The first-order chi connectivity index (χ1) is 9.79. The van der Waals surface area contributed by atoms with Crippen LogP contribution in [-0.4, -0.2) is 34.5 Å². The van der Waals surface area contributed by atoms with Crippen LogP contribution in [0.5, 0.6) is 0 Å². The predicted molar refractivity (Wildman–Crippen MR) is 81.3 cm³/mol. The third-order valence-corrected chi connectivity index (χ3v) is 4.13. The molecule has 1 N–H and O–H groups in total. The third-order valence-electron chi connectivity index (χ3n) is 4.13. The summed E-state index contributed by atoms with van der Waals surface area (Å²) in [5, 5.41) is 8.88. The minimum Gasteiger partial charge on any atom is -0.478 e. The van der Waals surface area contributed by atoms with Crippen molar-refractivity contribution in [1.82, 2.24) is 4.90 Å². The molecule has 0 aliphatic carbocycles. The zero-order chi connectivity index (χ0) is 15.6. The fraction of sp³-hybridized carbons (Fsp3) is 0.529. The van der Waals surface area contributed by atoms with Crippen LogP contribution in [0.3, 0.4) is 0 Å². The van der Waals surface area contributed by atoms with Gasteiger partial charge >= 0.3 is 5.97 Å². The maximum atomic E-state index is 12.5. The van der Waals surface area contributed by atoms with Crippen LogP contribution in [-0.2, 0) is 11.2 Å². The fourth-order valence-corrected chi connectivity index (χ4v) is 3.01. The minimum atomic E-state index is -0.944. The van der Waals surface area contributed by atoms with Crippen molar-refractivity contribution >= 4 is 11.9 Å². The van der Waals surface area contributed by atoms with E-state index >= 15 is 0 Å². The number of hydrogen-bond donors (Lipinski definition) is 1. The van der Waals surface area contributed by atoms with Gasteiger partial charge in [-0.15, -0.1) is 0 Å². The van der Waals surface area contributed by atoms with Gasteiger partial charge in [0.2, 0.25) is 5.91 Å². The molecule has 0 saturated carbocycles. The van der Waals surface area contributed by atoms with Gasteiger partial charge in [0.15, 0.2) is 0 Å². The average Bonchev–Trinajstić information content (AvgIpc) is 2.88. The highest BCUT2D eigenvalue weighted by Gasteiger charge is 2.36. The van der Waals surface area contributed by atoms with Gasteiger partial charge in [0.05, 0.1) is 12.0 Å². The van der Waals surface area contributed by atoms with Gasteiger partial charge in [-0.1, -0.05) is 32.9 Å². The zero-order valence-corrected chi connectivity index (χ0v) is 12.9. The number of amides is 1. The summed E-state index contributed by atoms with van der Waals surface area (Å²) in [6, 6.07) is 6.85. The molecule has 0 radical (unpaired) electrons. The van der Waals surface area contributed by atoms with Crippen LogP contribution < -0.4 is 0 Å². The normalized spacial score (nSPS) is 18.8. The monoisotopic (exact) mass is 289 g/mol.